The van der Waals surface area contributed by atoms with Gasteiger partial charge in [-0.2, -0.15) is 0 Å². The molecule has 4 nitrogen and oxygen atoms in total. The van der Waals surface area contributed by atoms with Crippen LogP contribution < -0.4 is 5.32 Å². The summed E-state index contributed by atoms with van der Waals surface area (Å²) in [6, 6.07) is 8.64. The molecule has 0 unspecified atom stereocenters. The Hall–Kier alpha value is -2.47. The molecule has 1 fully saturated rings. The van der Waals surface area contributed by atoms with Gasteiger partial charge in [0.15, 0.2) is 0 Å². The SMILES string of the molecule is CC[C@]1(c2ccc(F)cc2)NC(=O)N(Cc2ccc(F)cc2Cl)C1=O. The number of hydrogen-bond acceptors (Lipinski definition) is 2. The fraction of sp³-hybridized carbons (Fsp3) is 0.222. The van der Waals surface area contributed by atoms with Crippen molar-refractivity contribution in [2.24, 2.45) is 0 Å². The van der Waals surface area contributed by atoms with Gasteiger partial charge in [0.25, 0.3) is 5.91 Å². The highest BCUT2D eigenvalue weighted by Gasteiger charge is 2.51. The highest BCUT2D eigenvalue weighted by atomic mass is 35.5. The van der Waals surface area contributed by atoms with E-state index in [0.29, 0.717) is 17.5 Å². The molecule has 7 heteroatoms. The zero-order chi connectivity index (χ0) is 18.2. The Kier molecular flexibility index (Phi) is 4.47. The average Bonchev–Trinajstić information content (AvgIpc) is 2.82. The third-order valence-electron chi connectivity index (χ3n) is 4.39. The summed E-state index contributed by atoms with van der Waals surface area (Å²) in [5, 5.41) is 2.84. The molecule has 3 rings (SSSR count). The summed E-state index contributed by atoms with van der Waals surface area (Å²) < 4.78 is 26.4. The van der Waals surface area contributed by atoms with Gasteiger partial charge in [0.2, 0.25) is 0 Å². The van der Waals surface area contributed by atoms with Crippen molar-refractivity contribution in [2.45, 2.75) is 25.4 Å². The van der Waals surface area contributed by atoms with Crippen LogP contribution in [0.5, 0.6) is 0 Å². The van der Waals surface area contributed by atoms with E-state index in [1.807, 2.05) is 0 Å². The molecule has 1 aliphatic heterocycles. The lowest BCUT2D eigenvalue weighted by atomic mass is 9.87. The Bertz CT molecular complexity index is 841. The summed E-state index contributed by atoms with van der Waals surface area (Å²) in [4.78, 5) is 26.4. The number of imide groups is 1. The summed E-state index contributed by atoms with van der Waals surface area (Å²) in [6.07, 6.45) is 0.302. The second-order valence-electron chi connectivity index (χ2n) is 5.82. The lowest BCUT2D eigenvalue weighted by Crippen LogP contribution is -2.43. The number of hydrogen-bond donors (Lipinski definition) is 1. The van der Waals surface area contributed by atoms with Crippen LogP contribution in [0.2, 0.25) is 5.02 Å². The highest BCUT2D eigenvalue weighted by molar-refractivity contribution is 6.31. The van der Waals surface area contributed by atoms with E-state index in [-0.39, 0.29) is 11.6 Å². The van der Waals surface area contributed by atoms with Gasteiger partial charge < -0.3 is 5.32 Å². The van der Waals surface area contributed by atoms with E-state index in [9.17, 15) is 18.4 Å². The minimum absolute atomic E-state index is 0.0767. The van der Waals surface area contributed by atoms with Crippen molar-refractivity contribution < 1.29 is 18.4 Å². The fourth-order valence-electron chi connectivity index (χ4n) is 2.96. The molecule has 0 bridgehead atoms. The number of benzene rings is 2. The van der Waals surface area contributed by atoms with Gasteiger partial charge in [-0.3, -0.25) is 9.69 Å². The van der Waals surface area contributed by atoms with Gasteiger partial charge >= 0.3 is 6.03 Å². The first-order chi connectivity index (χ1) is 11.9. The average molecular weight is 365 g/mol. The van der Waals surface area contributed by atoms with E-state index >= 15 is 0 Å². The third kappa shape index (κ3) is 2.98. The number of nitrogens with zero attached hydrogens (tertiary/aromatic N) is 1. The van der Waals surface area contributed by atoms with E-state index in [1.54, 1.807) is 6.92 Å². The van der Waals surface area contributed by atoms with Crippen molar-refractivity contribution in [2.75, 3.05) is 0 Å². The maximum absolute atomic E-state index is 13.2. The summed E-state index contributed by atoms with van der Waals surface area (Å²) in [7, 11) is 0. The molecule has 1 saturated heterocycles. The molecule has 1 heterocycles. The summed E-state index contributed by atoms with van der Waals surface area (Å²) in [5.41, 5.74) is -0.294. The smallest absolute Gasteiger partial charge is 0.319 e. The Balaban J connectivity index is 1.94. The van der Waals surface area contributed by atoms with Crippen LogP contribution in [0.15, 0.2) is 42.5 Å². The molecular formula is C18H15ClF2N2O2. The van der Waals surface area contributed by atoms with Crippen LogP contribution in [0.4, 0.5) is 13.6 Å². The van der Waals surface area contributed by atoms with Crippen LogP contribution in [-0.2, 0) is 16.9 Å². The number of amides is 3. The van der Waals surface area contributed by atoms with Gasteiger partial charge in [-0.05, 0) is 41.8 Å². The van der Waals surface area contributed by atoms with Gasteiger partial charge in [-0.15, -0.1) is 0 Å². The van der Waals surface area contributed by atoms with Crippen molar-refractivity contribution in [3.8, 4) is 0 Å². The molecule has 1 atom stereocenters. The van der Waals surface area contributed by atoms with Crippen LogP contribution in [0, 0.1) is 11.6 Å². The number of halogens is 3. The lowest BCUT2D eigenvalue weighted by molar-refractivity contribution is -0.132. The van der Waals surface area contributed by atoms with Gasteiger partial charge in [-0.25, -0.2) is 13.6 Å². The third-order valence-corrected chi connectivity index (χ3v) is 4.74. The molecular weight excluding hydrogens is 350 g/mol. The quantitative estimate of drug-likeness (QED) is 0.834. The molecule has 0 saturated carbocycles. The Morgan fingerprint density at radius 2 is 1.72 bits per heavy atom. The first-order valence-corrected chi connectivity index (χ1v) is 8.09. The zero-order valence-corrected chi connectivity index (χ0v) is 14.1. The molecule has 0 aliphatic carbocycles. The second kappa shape index (κ2) is 6.44. The zero-order valence-electron chi connectivity index (χ0n) is 13.4. The van der Waals surface area contributed by atoms with Crippen molar-refractivity contribution in [3.63, 3.8) is 0 Å². The molecule has 25 heavy (non-hydrogen) atoms. The van der Waals surface area contributed by atoms with E-state index in [4.69, 9.17) is 11.6 Å². The number of carbonyl (C=O) groups is 2. The van der Waals surface area contributed by atoms with E-state index in [2.05, 4.69) is 5.32 Å². The Morgan fingerprint density at radius 1 is 1.08 bits per heavy atom. The van der Waals surface area contributed by atoms with E-state index in [0.717, 1.165) is 11.0 Å². The molecule has 0 aromatic heterocycles. The minimum atomic E-state index is -1.25. The number of nitrogens with one attached hydrogen (secondary N) is 1. The molecule has 130 valence electrons. The molecule has 1 N–H and O–H groups in total. The fourth-order valence-corrected chi connectivity index (χ4v) is 3.19. The normalized spacial score (nSPS) is 20.1. The standard InChI is InChI=1S/C18H15ClF2N2O2/c1-2-18(12-4-7-13(20)8-5-12)16(24)23(17(25)22-18)10-11-3-6-14(21)9-15(11)19/h3-9H,2,10H2,1H3,(H,22,25)/t18-/m1/s1. The predicted octanol–water partition coefficient (Wildman–Crippen LogP) is 3.98. The van der Waals surface area contributed by atoms with Crippen molar-refractivity contribution in [3.05, 3.63) is 70.2 Å². The summed E-state index contributed by atoms with van der Waals surface area (Å²) >= 11 is 5.99. The molecule has 0 radical (unpaired) electrons. The number of urea groups is 1. The molecule has 3 amide bonds. The topological polar surface area (TPSA) is 49.4 Å². The first kappa shape index (κ1) is 17.4. The van der Waals surface area contributed by atoms with Crippen molar-refractivity contribution in [1.82, 2.24) is 10.2 Å². The van der Waals surface area contributed by atoms with Gasteiger partial charge in [0.05, 0.1) is 6.54 Å². The second-order valence-corrected chi connectivity index (χ2v) is 6.23. The van der Waals surface area contributed by atoms with Gasteiger partial charge in [-0.1, -0.05) is 36.7 Å². The molecule has 2 aromatic rings. The minimum Gasteiger partial charge on any atom is -0.319 e. The highest BCUT2D eigenvalue weighted by Crippen LogP contribution is 2.34. The van der Waals surface area contributed by atoms with Crippen molar-refractivity contribution in [1.29, 1.82) is 0 Å². The van der Waals surface area contributed by atoms with Crippen LogP contribution in [0.3, 0.4) is 0 Å². The Labute approximate surface area is 148 Å². The van der Waals surface area contributed by atoms with E-state index < -0.39 is 29.1 Å². The monoisotopic (exact) mass is 364 g/mol. The number of rotatable bonds is 4. The van der Waals surface area contributed by atoms with Crippen molar-refractivity contribution >= 4 is 23.5 Å². The molecule has 0 spiro atoms. The largest absolute Gasteiger partial charge is 0.325 e. The van der Waals surface area contributed by atoms with Crippen LogP contribution in [0.25, 0.3) is 0 Å². The maximum Gasteiger partial charge on any atom is 0.325 e. The first-order valence-electron chi connectivity index (χ1n) is 7.71. The van der Waals surface area contributed by atoms with Crippen LogP contribution >= 0.6 is 11.6 Å². The summed E-state index contributed by atoms with van der Waals surface area (Å²) in [6.45, 7) is 1.68. The lowest BCUT2D eigenvalue weighted by Gasteiger charge is -2.25. The number of carbonyl (C=O) groups excluding carboxylic acids is 2. The molecule has 1 aliphatic rings. The Morgan fingerprint density at radius 3 is 2.32 bits per heavy atom. The molecule has 2 aromatic carbocycles. The van der Waals surface area contributed by atoms with E-state index in [1.165, 1.54) is 36.4 Å². The maximum atomic E-state index is 13.2. The predicted molar refractivity (Wildman–Crippen MR) is 88.9 cm³/mol. The summed E-state index contributed by atoms with van der Waals surface area (Å²) in [5.74, 6) is -1.38. The van der Waals surface area contributed by atoms with Crippen LogP contribution in [-0.4, -0.2) is 16.8 Å². The van der Waals surface area contributed by atoms with Gasteiger partial charge in [0.1, 0.15) is 17.2 Å². The van der Waals surface area contributed by atoms with Gasteiger partial charge in [0, 0.05) is 5.02 Å². The van der Waals surface area contributed by atoms with Crippen LogP contribution in [0.1, 0.15) is 24.5 Å².